The molecule has 4 aromatic rings. The third-order valence-electron chi connectivity index (χ3n) is 4.68. The molecule has 4 rings (SSSR count). The molecule has 0 unspecified atom stereocenters. The van der Waals surface area contributed by atoms with E-state index in [4.69, 9.17) is 42.1 Å². The molecule has 0 aromatic carbocycles. The first-order valence-corrected chi connectivity index (χ1v) is 15.0. The molecule has 0 amide bonds. The number of aromatic amines is 1. The van der Waals surface area contributed by atoms with Gasteiger partial charge in [-0.1, -0.05) is 45.8 Å². The Morgan fingerprint density at radius 2 is 1.42 bits per heavy atom. The van der Waals surface area contributed by atoms with Gasteiger partial charge >= 0.3 is 11.9 Å². The standard InChI is InChI=1S/C14H15ClN4O3.C8H7ClN4O.C6H9IO2/c1-9(2)22-13(20)4-5-19-8-16-14(18-19)10-6-11(15)17-12(7-10)21-3;1-14-7-3-5(2-6(9)12-7)8-10-4-11-13-8;1-5(2)9-6(8)3-4-7/h4-9H,1-3H3;2-4H,1H3,(H,10,11,13);3-5H,1-2H3/b5-4-;;. The molecule has 0 spiro atoms. The summed E-state index contributed by atoms with van der Waals surface area (Å²) in [6.45, 7) is 7.19. The molecule has 0 saturated heterocycles. The number of hydrogen-bond acceptors (Lipinski definition) is 12. The quantitative estimate of drug-likeness (QED) is 0.0935. The van der Waals surface area contributed by atoms with Crippen molar-refractivity contribution >= 4 is 63.9 Å². The van der Waals surface area contributed by atoms with Gasteiger partial charge in [0.15, 0.2) is 11.6 Å². The fourth-order valence-corrected chi connectivity index (χ4v) is 3.67. The molecule has 0 bridgehead atoms. The summed E-state index contributed by atoms with van der Waals surface area (Å²) in [7, 11) is 3.03. The lowest BCUT2D eigenvalue weighted by atomic mass is 10.2. The number of methoxy groups -OCH3 is 2. The fraction of sp³-hybridized carbons (Fsp3) is 0.286. The highest BCUT2D eigenvalue weighted by molar-refractivity contribution is 14.1. The zero-order valence-electron chi connectivity index (χ0n) is 25.1. The average molecular weight is 773 g/mol. The van der Waals surface area contributed by atoms with Gasteiger partial charge in [0.05, 0.1) is 26.4 Å². The van der Waals surface area contributed by atoms with Crippen LogP contribution in [0.25, 0.3) is 29.0 Å². The highest BCUT2D eigenvalue weighted by Gasteiger charge is 2.09. The van der Waals surface area contributed by atoms with E-state index in [-0.39, 0.29) is 23.3 Å². The Hall–Kier alpha value is -4.09. The van der Waals surface area contributed by atoms with Gasteiger partial charge in [0, 0.05) is 41.6 Å². The number of halogens is 3. The van der Waals surface area contributed by atoms with Crippen LogP contribution in [0.15, 0.2) is 53.2 Å². The van der Waals surface area contributed by atoms with E-state index in [0.29, 0.717) is 34.1 Å². The van der Waals surface area contributed by atoms with Gasteiger partial charge in [-0.15, -0.1) is 5.10 Å². The number of aromatic nitrogens is 8. The Bertz CT molecular complexity index is 1580. The number of nitrogens with zero attached hydrogens (tertiary/aromatic N) is 7. The number of carbonyl (C=O) groups excluding carboxylic acids is 2. The maximum atomic E-state index is 11.4. The van der Waals surface area contributed by atoms with Crippen LogP contribution in [-0.4, -0.2) is 78.3 Å². The van der Waals surface area contributed by atoms with Gasteiger partial charge in [-0.3, -0.25) is 5.10 Å². The summed E-state index contributed by atoms with van der Waals surface area (Å²) in [4.78, 5) is 38.0. The molecule has 0 atom stereocenters. The Kier molecular flexibility index (Phi) is 15.9. The highest BCUT2D eigenvalue weighted by Crippen LogP contribution is 2.23. The van der Waals surface area contributed by atoms with Gasteiger partial charge in [0.2, 0.25) is 11.8 Å². The van der Waals surface area contributed by atoms with E-state index in [1.54, 1.807) is 42.2 Å². The molecule has 0 aliphatic carbocycles. The lowest BCUT2D eigenvalue weighted by Gasteiger charge is -2.03. The van der Waals surface area contributed by atoms with Crippen molar-refractivity contribution in [2.75, 3.05) is 14.2 Å². The van der Waals surface area contributed by atoms with Crippen LogP contribution in [0.4, 0.5) is 0 Å². The van der Waals surface area contributed by atoms with Crippen molar-refractivity contribution in [3.05, 3.63) is 63.5 Å². The summed E-state index contributed by atoms with van der Waals surface area (Å²) >= 11 is 13.7. The molecule has 17 heteroatoms. The molecule has 240 valence electrons. The van der Waals surface area contributed by atoms with E-state index in [2.05, 4.69) is 35.2 Å². The van der Waals surface area contributed by atoms with Crippen LogP contribution in [0.1, 0.15) is 27.7 Å². The largest absolute Gasteiger partial charge is 0.481 e. The maximum Gasteiger partial charge on any atom is 0.332 e. The van der Waals surface area contributed by atoms with E-state index in [1.165, 1.54) is 49.9 Å². The number of ether oxygens (including phenoxy) is 4. The van der Waals surface area contributed by atoms with Crippen LogP contribution in [0.5, 0.6) is 11.8 Å². The SMILES string of the molecule is CC(C)OC(=O)C=CI.COc1cc(-c2ncn(/C=C\C(=O)OC(C)C)n2)cc(Cl)n1.COc1cc(-c2ncn[nH]2)cc(Cl)n1. The van der Waals surface area contributed by atoms with Crippen molar-refractivity contribution in [2.45, 2.75) is 39.9 Å². The van der Waals surface area contributed by atoms with Crippen LogP contribution < -0.4 is 9.47 Å². The average Bonchev–Trinajstić information content (AvgIpc) is 3.69. The molecule has 0 aliphatic heterocycles. The molecule has 14 nitrogen and oxygen atoms in total. The van der Waals surface area contributed by atoms with Crippen LogP contribution in [-0.2, 0) is 19.1 Å². The summed E-state index contributed by atoms with van der Waals surface area (Å²) in [6, 6.07) is 6.71. The molecule has 0 saturated carbocycles. The molecule has 4 aromatic heterocycles. The van der Waals surface area contributed by atoms with E-state index < -0.39 is 5.97 Å². The zero-order valence-corrected chi connectivity index (χ0v) is 28.8. The van der Waals surface area contributed by atoms with Crippen molar-refractivity contribution in [3.63, 3.8) is 0 Å². The monoisotopic (exact) mass is 772 g/mol. The van der Waals surface area contributed by atoms with Crippen LogP contribution >= 0.6 is 45.8 Å². The molecular weight excluding hydrogens is 742 g/mol. The topological polar surface area (TPSA) is 169 Å². The molecule has 0 radical (unpaired) electrons. The third-order valence-corrected chi connectivity index (χ3v) is 5.43. The van der Waals surface area contributed by atoms with Crippen molar-refractivity contribution in [1.82, 2.24) is 39.9 Å². The smallest absolute Gasteiger partial charge is 0.332 e. The summed E-state index contributed by atoms with van der Waals surface area (Å²) in [5, 5.41) is 11.3. The molecule has 1 N–H and O–H groups in total. The molecule has 0 fully saturated rings. The fourth-order valence-electron chi connectivity index (χ4n) is 2.98. The van der Waals surface area contributed by atoms with Gasteiger partial charge < -0.3 is 18.9 Å². The van der Waals surface area contributed by atoms with Crippen molar-refractivity contribution in [3.8, 4) is 34.5 Å². The lowest BCUT2D eigenvalue weighted by Crippen LogP contribution is -2.08. The summed E-state index contributed by atoms with van der Waals surface area (Å²) in [6.07, 6.45) is 6.83. The predicted octanol–water partition coefficient (Wildman–Crippen LogP) is 5.84. The van der Waals surface area contributed by atoms with Crippen LogP contribution in [0, 0.1) is 0 Å². The number of esters is 2. The first kappa shape index (κ1) is 37.1. The Labute approximate surface area is 283 Å². The minimum atomic E-state index is -0.444. The number of hydrogen-bond donors (Lipinski definition) is 1. The maximum absolute atomic E-state index is 11.4. The number of pyridine rings is 2. The highest BCUT2D eigenvalue weighted by atomic mass is 127. The van der Waals surface area contributed by atoms with Crippen molar-refractivity contribution < 1.29 is 28.5 Å². The van der Waals surface area contributed by atoms with Crippen LogP contribution in [0.3, 0.4) is 0 Å². The third kappa shape index (κ3) is 14.0. The minimum Gasteiger partial charge on any atom is -0.481 e. The van der Waals surface area contributed by atoms with Crippen molar-refractivity contribution in [2.24, 2.45) is 0 Å². The van der Waals surface area contributed by atoms with Gasteiger partial charge in [-0.2, -0.15) is 5.10 Å². The van der Waals surface area contributed by atoms with Crippen molar-refractivity contribution in [1.29, 1.82) is 0 Å². The normalized spacial score (nSPS) is 10.7. The van der Waals surface area contributed by atoms with E-state index >= 15 is 0 Å². The van der Waals surface area contributed by atoms with Gasteiger partial charge in [0.25, 0.3) is 0 Å². The predicted molar refractivity (Wildman–Crippen MR) is 177 cm³/mol. The number of nitrogens with one attached hydrogen (secondary N) is 1. The minimum absolute atomic E-state index is 0.0231. The molecule has 45 heavy (non-hydrogen) atoms. The molecule has 4 heterocycles. The Morgan fingerprint density at radius 3 is 1.93 bits per heavy atom. The first-order chi connectivity index (χ1) is 21.4. The van der Waals surface area contributed by atoms with Crippen LogP contribution in [0.2, 0.25) is 10.3 Å². The summed E-state index contributed by atoms with van der Waals surface area (Å²) < 4.78 is 22.8. The van der Waals surface area contributed by atoms with Gasteiger partial charge in [-0.05, 0) is 43.9 Å². The van der Waals surface area contributed by atoms with E-state index in [0.717, 1.165) is 5.56 Å². The van der Waals surface area contributed by atoms with Gasteiger partial charge in [-0.25, -0.2) is 34.2 Å². The van der Waals surface area contributed by atoms with E-state index in [9.17, 15) is 9.59 Å². The number of rotatable bonds is 9. The first-order valence-electron chi connectivity index (χ1n) is 13.0. The second-order valence-corrected chi connectivity index (χ2v) is 10.4. The second-order valence-electron chi connectivity index (χ2n) is 8.90. The second kappa shape index (κ2) is 19.3. The molecular formula is C28H31Cl2IN8O6. The zero-order chi connectivity index (χ0) is 33.4. The number of H-pyrrole nitrogens is 1. The summed E-state index contributed by atoms with van der Waals surface area (Å²) in [5.41, 5.74) is 1.45. The van der Waals surface area contributed by atoms with Gasteiger partial charge in [0.1, 0.15) is 23.0 Å². The molecule has 0 aliphatic rings. The summed E-state index contributed by atoms with van der Waals surface area (Å²) in [5.74, 6) is 1.16. The Balaban J connectivity index is 0.000000262. The number of carbonyl (C=O) groups is 2. The lowest BCUT2D eigenvalue weighted by molar-refractivity contribution is -0.142. The van der Waals surface area contributed by atoms with E-state index in [1.807, 2.05) is 36.4 Å². The Morgan fingerprint density at radius 1 is 0.867 bits per heavy atom.